The van der Waals surface area contributed by atoms with Crippen molar-refractivity contribution in [1.29, 1.82) is 0 Å². The first-order chi connectivity index (χ1) is 10.7. The smallest absolute Gasteiger partial charge is 0.124 e. The number of rotatable bonds is 4. The molecule has 1 aliphatic heterocycles. The van der Waals surface area contributed by atoms with Gasteiger partial charge in [-0.25, -0.2) is 0 Å². The fourth-order valence-electron chi connectivity index (χ4n) is 3.07. The molecule has 22 heavy (non-hydrogen) atoms. The predicted octanol–water partition coefficient (Wildman–Crippen LogP) is 3.63. The van der Waals surface area contributed by atoms with Crippen molar-refractivity contribution < 1.29 is 14.6 Å². The molecule has 0 amide bonds. The van der Waals surface area contributed by atoms with E-state index in [1.165, 1.54) is 16.7 Å². The SMILES string of the molecule is Cc1cc(OC2CCOC2)cc(C)c1-c1cccc(CO)c1. The number of ether oxygens (including phenoxy) is 2. The van der Waals surface area contributed by atoms with E-state index in [2.05, 4.69) is 32.0 Å². The van der Waals surface area contributed by atoms with E-state index in [0.717, 1.165) is 29.9 Å². The predicted molar refractivity (Wildman–Crippen MR) is 87.1 cm³/mol. The molecule has 0 bridgehead atoms. The summed E-state index contributed by atoms with van der Waals surface area (Å²) in [5, 5.41) is 9.32. The van der Waals surface area contributed by atoms with Crippen LogP contribution in [0.5, 0.6) is 5.75 Å². The quantitative estimate of drug-likeness (QED) is 0.936. The van der Waals surface area contributed by atoms with Crippen molar-refractivity contribution >= 4 is 0 Å². The maximum absolute atomic E-state index is 9.32. The average molecular weight is 298 g/mol. The molecule has 0 aromatic heterocycles. The van der Waals surface area contributed by atoms with Crippen LogP contribution in [0, 0.1) is 13.8 Å². The average Bonchev–Trinajstić information content (AvgIpc) is 2.99. The Labute approximate surface area is 131 Å². The first kappa shape index (κ1) is 15.1. The van der Waals surface area contributed by atoms with Gasteiger partial charge in [0.15, 0.2) is 0 Å². The van der Waals surface area contributed by atoms with E-state index in [-0.39, 0.29) is 12.7 Å². The minimum absolute atomic E-state index is 0.0643. The van der Waals surface area contributed by atoms with Crippen LogP contribution >= 0.6 is 0 Å². The number of hydrogen-bond acceptors (Lipinski definition) is 3. The van der Waals surface area contributed by atoms with Crippen molar-refractivity contribution in [1.82, 2.24) is 0 Å². The molecule has 1 saturated heterocycles. The van der Waals surface area contributed by atoms with E-state index in [9.17, 15) is 5.11 Å². The van der Waals surface area contributed by atoms with Crippen LogP contribution in [0.4, 0.5) is 0 Å². The van der Waals surface area contributed by atoms with Gasteiger partial charge in [0, 0.05) is 6.42 Å². The maximum Gasteiger partial charge on any atom is 0.124 e. The first-order valence-electron chi connectivity index (χ1n) is 7.73. The van der Waals surface area contributed by atoms with Gasteiger partial charge in [0.1, 0.15) is 11.9 Å². The highest BCUT2D eigenvalue weighted by atomic mass is 16.5. The van der Waals surface area contributed by atoms with Crippen molar-refractivity contribution in [3.05, 3.63) is 53.1 Å². The molecule has 1 unspecified atom stereocenters. The normalized spacial score (nSPS) is 17.7. The summed E-state index contributed by atoms with van der Waals surface area (Å²) in [5.41, 5.74) is 5.65. The molecular formula is C19H22O3. The largest absolute Gasteiger partial charge is 0.488 e. The van der Waals surface area contributed by atoms with Crippen LogP contribution in [-0.2, 0) is 11.3 Å². The Morgan fingerprint density at radius 2 is 1.95 bits per heavy atom. The van der Waals surface area contributed by atoms with Gasteiger partial charge in [-0.05, 0) is 59.9 Å². The second kappa shape index (κ2) is 6.51. The monoisotopic (exact) mass is 298 g/mol. The minimum atomic E-state index is 0.0643. The maximum atomic E-state index is 9.32. The van der Waals surface area contributed by atoms with E-state index in [1.54, 1.807) is 0 Å². The fraction of sp³-hybridized carbons (Fsp3) is 0.368. The Morgan fingerprint density at radius 1 is 1.18 bits per heavy atom. The van der Waals surface area contributed by atoms with Crippen LogP contribution in [0.1, 0.15) is 23.1 Å². The number of aliphatic hydroxyl groups is 1. The van der Waals surface area contributed by atoms with Crippen LogP contribution in [0.3, 0.4) is 0 Å². The summed E-state index contributed by atoms with van der Waals surface area (Å²) in [6.45, 7) is 5.74. The first-order valence-corrected chi connectivity index (χ1v) is 7.73. The third kappa shape index (κ3) is 3.16. The van der Waals surface area contributed by atoms with Gasteiger partial charge < -0.3 is 14.6 Å². The molecule has 2 aromatic carbocycles. The molecule has 0 radical (unpaired) electrons. The zero-order chi connectivity index (χ0) is 15.5. The second-order valence-electron chi connectivity index (χ2n) is 5.89. The van der Waals surface area contributed by atoms with Crippen LogP contribution in [0.2, 0.25) is 0 Å². The molecule has 0 saturated carbocycles. The summed E-state index contributed by atoms with van der Waals surface area (Å²) >= 11 is 0. The minimum Gasteiger partial charge on any atom is -0.488 e. The van der Waals surface area contributed by atoms with Gasteiger partial charge in [0.25, 0.3) is 0 Å². The van der Waals surface area contributed by atoms with Crippen LogP contribution in [0.25, 0.3) is 11.1 Å². The summed E-state index contributed by atoms with van der Waals surface area (Å²) < 4.78 is 11.4. The topological polar surface area (TPSA) is 38.7 Å². The van der Waals surface area contributed by atoms with Crippen molar-refractivity contribution in [2.45, 2.75) is 33.0 Å². The van der Waals surface area contributed by atoms with Gasteiger partial charge in [-0.3, -0.25) is 0 Å². The molecule has 3 rings (SSSR count). The summed E-state index contributed by atoms with van der Waals surface area (Å²) in [4.78, 5) is 0. The summed E-state index contributed by atoms with van der Waals surface area (Å²) in [6, 6.07) is 12.2. The number of aryl methyl sites for hydroxylation is 2. The highest BCUT2D eigenvalue weighted by molar-refractivity contribution is 5.72. The molecule has 1 aliphatic rings. The Hall–Kier alpha value is -1.84. The van der Waals surface area contributed by atoms with Crippen LogP contribution < -0.4 is 4.74 Å². The van der Waals surface area contributed by atoms with Crippen molar-refractivity contribution in [2.75, 3.05) is 13.2 Å². The van der Waals surface area contributed by atoms with Gasteiger partial charge >= 0.3 is 0 Å². The van der Waals surface area contributed by atoms with Crippen LogP contribution in [-0.4, -0.2) is 24.4 Å². The molecule has 1 atom stereocenters. The molecule has 1 heterocycles. The standard InChI is InChI=1S/C19H22O3/c1-13-8-18(22-17-6-7-21-12-17)9-14(2)19(13)16-5-3-4-15(10-16)11-20/h3-5,8-10,17,20H,6-7,11-12H2,1-2H3. The Morgan fingerprint density at radius 3 is 2.59 bits per heavy atom. The summed E-state index contributed by atoms with van der Waals surface area (Å²) in [6.07, 6.45) is 1.13. The number of aliphatic hydroxyl groups excluding tert-OH is 1. The number of hydrogen-bond donors (Lipinski definition) is 1. The summed E-state index contributed by atoms with van der Waals surface area (Å²) in [7, 11) is 0. The van der Waals surface area contributed by atoms with E-state index in [4.69, 9.17) is 9.47 Å². The lowest BCUT2D eigenvalue weighted by molar-refractivity contribution is 0.141. The highest BCUT2D eigenvalue weighted by Crippen LogP contribution is 2.32. The van der Waals surface area contributed by atoms with Gasteiger partial charge in [-0.1, -0.05) is 18.2 Å². The molecule has 0 spiro atoms. The molecule has 2 aromatic rings. The molecule has 3 heteroatoms. The third-order valence-corrected chi connectivity index (χ3v) is 4.10. The zero-order valence-electron chi connectivity index (χ0n) is 13.1. The number of benzene rings is 2. The molecule has 1 fully saturated rings. The van der Waals surface area contributed by atoms with E-state index < -0.39 is 0 Å². The molecule has 3 nitrogen and oxygen atoms in total. The highest BCUT2D eigenvalue weighted by Gasteiger charge is 2.18. The van der Waals surface area contributed by atoms with Gasteiger partial charge in [-0.2, -0.15) is 0 Å². The van der Waals surface area contributed by atoms with Gasteiger partial charge in [-0.15, -0.1) is 0 Å². The second-order valence-corrected chi connectivity index (χ2v) is 5.89. The molecular weight excluding hydrogens is 276 g/mol. The lowest BCUT2D eigenvalue weighted by atomic mass is 9.94. The lowest BCUT2D eigenvalue weighted by Gasteiger charge is -2.17. The van der Waals surface area contributed by atoms with E-state index in [1.807, 2.05) is 18.2 Å². The van der Waals surface area contributed by atoms with Crippen molar-refractivity contribution in [2.24, 2.45) is 0 Å². The van der Waals surface area contributed by atoms with Crippen molar-refractivity contribution in [3.8, 4) is 16.9 Å². The van der Waals surface area contributed by atoms with Gasteiger partial charge in [0.2, 0.25) is 0 Å². The van der Waals surface area contributed by atoms with Crippen molar-refractivity contribution in [3.63, 3.8) is 0 Å². The molecule has 116 valence electrons. The Bertz CT molecular complexity index is 634. The Kier molecular flexibility index (Phi) is 4.46. The van der Waals surface area contributed by atoms with E-state index in [0.29, 0.717) is 6.61 Å². The summed E-state index contributed by atoms with van der Waals surface area (Å²) in [5.74, 6) is 0.910. The lowest BCUT2D eigenvalue weighted by Crippen LogP contribution is -2.15. The van der Waals surface area contributed by atoms with Gasteiger partial charge in [0.05, 0.1) is 19.8 Å². The molecule has 1 N–H and O–H groups in total. The fourth-order valence-corrected chi connectivity index (χ4v) is 3.07. The van der Waals surface area contributed by atoms with E-state index >= 15 is 0 Å². The van der Waals surface area contributed by atoms with Crippen LogP contribution in [0.15, 0.2) is 36.4 Å². The zero-order valence-corrected chi connectivity index (χ0v) is 13.1. The third-order valence-electron chi connectivity index (χ3n) is 4.10. The molecule has 0 aliphatic carbocycles. The Balaban J connectivity index is 1.91.